The van der Waals surface area contributed by atoms with Gasteiger partial charge in [-0.15, -0.1) is 0 Å². The number of hydrogen-bond acceptors (Lipinski definition) is 5. The highest BCUT2D eigenvalue weighted by Crippen LogP contribution is 2.14. The van der Waals surface area contributed by atoms with Crippen LogP contribution in [0.15, 0.2) is 6.07 Å². The molecule has 0 saturated carbocycles. The average molecular weight is 353 g/mol. The summed E-state index contributed by atoms with van der Waals surface area (Å²) in [5, 5.41) is 15.1. The van der Waals surface area contributed by atoms with Crippen molar-refractivity contribution in [3.63, 3.8) is 0 Å². The number of nitrogen functional groups attached to an aromatic ring is 1. The number of aromatic nitrogens is 2. The van der Waals surface area contributed by atoms with Gasteiger partial charge in [-0.1, -0.05) is 76.6 Å². The Labute approximate surface area is 152 Å². The summed E-state index contributed by atoms with van der Waals surface area (Å²) in [5.41, 5.74) is 5.66. The number of nitrogens with zero attached hydrogens (tertiary/aromatic N) is 2. The van der Waals surface area contributed by atoms with E-state index >= 15 is 0 Å². The summed E-state index contributed by atoms with van der Waals surface area (Å²) in [6.07, 6.45) is 13.5. The van der Waals surface area contributed by atoms with Gasteiger partial charge in [0.25, 0.3) is 5.88 Å². The molecule has 0 spiro atoms. The Morgan fingerprint density at radius 1 is 1.00 bits per heavy atom. The fraction of sp³-hybridized carbons (Fsp3) is 0.789. The number of anilines is 2. The lowest BCUT2D eigenvalue weighted by atomic mass is 10.1. The van der Waals surface area contributed by atoms with Crippen molar-refractivity contribution >= 4 is 11.8 Å². The third-order valence-corrected chi connectivity index (χ3v) is 4.25. The molecule has 0 aliphatic carbocycles. The highest BCUT2D eigenvalue weighted by molar-refractivity contribution is 5.36. The van der Waals surface area contributed by atoms with Gasteiger partial charge in [0, 0.05) is 6.54 Å². The van der Waals surface area contributed by atoms with E-state index in [-0.39, 0.29) is 5.95 Å². The SMILES string of the molecule is CCCCCCCCCCCNc1cc(OCCCC)nc(N)[n+]1[O-]. The molecular weight excluding hydrogens is 316 g/mol. The lowest BCUT2D eigenvalue weighted by Gasteiger charge is -2.14. The Morgan fingerprint density at radius 3 is 2.24 bits per heavy atom. The van der Waals surface area contributed by atoms with Crippen LogP contribution in [0, 0.1) is 5.21 Å². The van der Waals surface area contributed by atoms with Crippen LogP contribution >= 0.6 is 0 Å². The Kier molecular flexibility index (Phi) is 11.6. The summed E-state index contributed by atoms with van der Waals surface area (Å²) in [7, 11) is 0. The molecule has 6 nitrogen and oxygen atoms in total. The maximum Gasteiger partial charge on any atom is 0.347 e. The first-order chi connectivity index (χ1) is 12.2. The van der Waals surface area contributed by atoms with Crippen molar-refractivity contribution in [2.45, 2.75) is 84.5 Å². The molecule has 0 aliphatic heterocycles. The molecule has 6 heteroatoms. The minimum Gasteiger partial charge on any atom is -0.754 e. The summed E-state index contributed by atoms with van der Waals surface area (Å²) in [6.45, 7) is 5.69. The van der Waals surface area contributed by atoms with Crippen LogP contribution in [0.25, 0.3) is 0 Å². The Bertz CT molecular complexity index is 469. The molecule has 0 atom stereocenters. The summed E-state index contributed by atoms with van der Waals surface area (Å²) in [5.74, 6) is 0.745. The summed E-state index contributed by atoms with van der Waals surface area (Å²) in [4.78, 5) is 3.97. The van der Waals surface area contributed by atoms with Gasteiger partial charge in [0.05, 0.1) is 12.7 Å². The van der Waals surface area contributed by atoms with Crippen molar-refractivity contribution < 1.29 is 9.47 Å². The zero-order chi connectivity index (χ0) is 18.3. The third-order valence-electron chi connectivity index (χ3n) is 4.25. The van der Waals surface area contributed by atoms with Gasteiger partial charge in [-0.3, -0.25) is 0 Å². The number of nitrogens with two attached hydrogens (primary N) is 1. The summed E-state index contributed by atoms with van der Waals surface area (Å²) in [6, 6.07) is 1.63. The standard InChI is InChI=1S/C19H36N4O2/c1-3-5-7-8-9-10-11-12-13-14-21-17-16-18(25-15-6-4-2)22-19(20)23(17)24/h16,21H,3-15H2,1-2H3,(H2,20,22). The second-order valence-corrected chi connectivity index (χ2v) is 6.59. The quantitative estimate of drug-likeness (QED) is 0.277. The topological polar surface area (TPSA) is 87.1 Å². The number of ether oxygens (including phenoxy) is 1. The van der Waals surface area contributed by atoms with Crippen LogP contribution in [-0.4, -0.2) is 18.1 Å². The maximum absolute atomic E-state index is 12.0. The zero-order valence-electron chi connectivity index (χ0n) is 16.1. The molecule has 0 radical (unpaired) electrons. The van der Waals surface area contributed by atoms with Gasteiger partial charge in [-0.2, -0.15) is 0 Å². The largest absolute Gasteiger partial charge is 0.754 e. The zero-order valence-corrected chi connectivity index (χ0v) is 16.1. The van der Waals surface area contributed by atoms with E-state index in [0.29, 0.717) is 23.0 Å². The number of rotatable bonds is 15. The van der Waals surface area contributed by atoms with Crippen LogP contribution in [-0.2, 0) is 0 Å². The van der Waals surface area contributed by atoms with Crippen molar-refractivity contribution in [1.29, 1.82) is 0 Å². The van der Waals surface area contributed by atoms with E-state index in [4.69, 9.17) is 10.5 Å². The van der Waals surface area contributed by atoms with E-state index in [9.17, 15) is 5.21 Å². The van der Waals surface area contributed by atoms with Crippen molar-refractivity contribution in [1.82, 2.24) is 4.98 Å². The Morgan fingerprint density at radius 2 is 1.60 bits per heavy atom. The molecule has 25 heavy (non-hydrogen) atoms. The predicted molar refractivity (Wildman–Crippen MR) is 104 cm³/mol. The lowest BCUT2D eigenvalue weighted by molar-refractivity contribution is -0.577. The van der Waals surface area contributed by atoms with Gasteiger partial charge in [0.1, 0.15) is 0 Å². The molecule has 1 aromatic heterocycles. The fourth-order valence-corrected chi connectivity index (χ4v) is 2.66. The van der Waals surface area contributed by atoms with Crippen LogP contribution in [0.5, 0.6) is 5.88 Å². The van der Waals surface area contributed by atoms with E-state index in [1.165, 1.54) is 51.4 Å². The summed E-state index contributed by atoms with van der Waals surface area (Å²) >= 11 is 0. The first-order valence-electron chi connectivity index (χ1n) is 9.95. The third kappa shape index (κ3) is 9.37. The predicted octanol–water partition coefficient (Wildman–Crippen LogP) is 4.42. The van der Waals surface area contributed by atoms with E-state index in [2.05, 4.69) is 24.1 Å². The smallest absolute Gasteiger partial charge is 0.347 e. The molecule has 0 aliphatic rings. The summed E-state index contributed by atoms with van der Waals surface area (Å²) < 4.78 is 6.16. The maximum atomic E-state index is 12.0. The Balaban J connectivity index is 2.22. The first-order valence-corrected chi connectivity index (χ1v) is 9.95. The van der Waals surface area contributed by atoms with Crippen molar-refractivity contribution in [3.05, 3.63) is 11.3 Å². The van der Waals surface area contributed by atoms with Gasteiger partial charge in [-0.05, 0) is 12.8 Å². The van der Waals surface area contributed by atoms with Crippen LogP contribution in [0.3, 0.4) is 0 Å². The van der Waals surface area contributed by atoms with Crippen LogP contribution in [0.4, 0.5) is 11.8 Å². The molecule has 0 aromatic carbocycles. The van der Waals surface area contributed by atoms with Crippen LogP contribution < -0.4 is 20.5 Å². The van der Waals surface area contributed by atoms with Gasteiger partial charge in [0.15, 0.2) is 0 Å². The highest BCUT2D eigenvalue weighted by atomic mass is 16.5. The minimum atomic E-state index is -0.0800. The number of nitrogens with one attached hydrogen (secondary N) is 1. The normalized spacial score (nSPS) is 10.8. The van der Waals surface area contributed by atoms with E-state index in [1.807, 2.05) is 0 Å². The second-order valence-electron chi connectivity index (χ2n) is 6.59. The van der Waals surface area contributed by atoms with Crippen molar-refractivity contribution in [2.24, 2.45) is 0 Å². The molecule has 144 valence electrons. The first kappa shape index (κ1) is 21.3. The minimum absolute atomic E-state index is 0.0800. The molecule has 1 heterocycles. The molecule has 1 rings (SSSR count). The molecule has 0 unspecified atom stereocenters. The number of hydrogen-bond donors (Lipinski definition) is 2. The second kappa shape index (κ2) is 13.6. The highest BCUT2D eigenvalue weighted by Gasteiger charge is 2.11. The van der Waals surface area contributed by atoms with Gasteiger partial charge in [0.2, 0.25) is 5.82 Å². The van der Waals surface area contributed by atoms with E-state index in [0.717, 1.165) is 25.8 Å². The van der Waals surface area contributed by atoms with Crippen LogP contribution in [0.1, 0.15) is 84.5 Å². The van der Waals surface area contributed by atoms with E-state index in [1.54, 1.807) is 6.07 Å². The fourth-order valence-electron chi connectivity index (χ4n) is 2.66. The van der Waals surface area contributed by atoms with Gasteiger partial charge in [-0.25, -0.2) is 4.73 Å². The van der Waals surface area contributed by atoms with Gasteiger partial charge >= 0.3 is 5.95 Å². The molecule has 0 bridgehead atoms. The van der Waals surface area contributed by atoms with Crippen molar-refractivity contribution in [2.75, 3.05) is 24.2 Å². The van der Waals surface area contributed by atoms with E-state index < -0.39 is 0 Å². The molecule has 3 N–H and O–H groups in total. The lowest BCUT2D eigenvalue weighted by Crippen LogP contribution is -2.36. The Hall–Kier alpha value is -1.72. The van der Waals surface area contributed by atoms with Crippen molar-refractivity contribution in [3.8, 4) is 5.88 Å². The molecular formula is C19H36N4O2. The molecule has 0 saturated heterocycles. The van der Waals surface area contributed by atoms with Gasteiger partial charge < -0.3 is 21.0 Å². The average Bonchev–Trinajstić information content (AvgIpc) is 2.60. The molecule has 1 aromatic rings. The monoisotopic (exact) mass is 352 g/mol. The molecule has 0 amide bonds. The molecule has 0 fully saturated rings. The van der Waals surface area contributed by atoms with Crippen LogP contribution in [0.2, 0.25) is 0 Å². The number of unbranched alkanes of at least 4 members (excludes halogenated alkanes) is 9.